The van der Waals surface area contributed by atoms with Gasteiger partial charge in [-0.05, 0) is 36.4 Å². The van der Waals surface area contributed by atoms with Crippen molar-refractivity contribution in [1.82, 2.24) is 9.88 Å². The fourth-order valence-electron chi connectivity index (χ4n) is 1.89. The Bertz CT molecular complexity index is 593. The molecule has 0 spiro atoms. The SMILES string of the molecule is O=C(c1ccccn1)N(CCO)CCSc1ccc(Cl)cc1. The lowest BCUT2D eigenvalue weighted by Crippen LogP contribution is -2.35. The Kier molecular flexibility index (Phi) is 6.71. The number of amides is 1. The molecule has 0 aliphatic carbocycles. The van der Waals surface area contributed by atoms with Crippen molar-refractivity contribution in [3.05, 3.63) is 59.4 Å². The highest BCUT2D eigenvalue weighted by atomic mass is 35.5. The Morgan fingerprint density at radius 3 is 2.59 bits per heavy atom. The molecular formula is C16H17ClN2O2S. The first-order chi connectivity index (χ1) is 10.7. The van der Waals surface area contributed by atoms with E-state index in [1.165, 1.54) is 0 Å². The van der Waals surface area contributed by atoms with E-state index in [2.05, 4.69) is 4.98 Å². The summed E-state index contributed by atoms with van der Waals surface area (Å²) in [7, 11) is 0. The second-order valence-corrected chi connectivity index (χ2v) is 6.14. The molecule has 0 radical (unpaired) electrons. The number of aliphatic hydroxyl groups is 1. The second kappa shape index (κ2) is 8.78. The van der Waals surface area contributed by atoms with Gasteiger partial charge in [0, 0.05) is 35.0 Å². The molecule has 2 rings (SSSR count). The highest BCUT2D eigenvalue weighted by Crippen LogP contribution is 2.20. The summed E-state index contributed by atoms with van der Waals surface area (Å²) in [5, 5.41) is 9.85. The molecule has 2 aromatic rings. The Morgan fingerprint density at radius 2 is 1.95 bits per heavy atom. The van der Waals surface area contributed by atoms with Crippen molar-refractivity contribution < 1.29 is 9.90 Å². The molecular weight excluding hydrogens is 320 g/mol. The zero-order valence-electron chi connectivity index (χ0n) is 12.0. The monoisotopic (exact) mass is 336 g/mol. The molecule has 0 atom stereocenters. The fraction of sp³-hybridized carbons (Fsp3) is 0.250. The van der Waals surface area contributed by atoms with Crippen molar-refractivity contribution in [2.75, 3.05) is 25.4 Å². The number of carbonyl (C=O) groups excluding carboxylic acids is 1. The molecule has 1 aromatic carbocycles. The van der Waals surface area contributed by atoms with Crippen molar-refractivity contribution in [2.24, 2.45) is 0 Å². The maximum absolute atomic E-state index is 12.3. The summed E-state index contributed by atoms with van der Waals surface area (Å²) in [6, 6.07) is 12.8. The smallest absolute Gasteiger partial charge is 0.272 e. The minimum Gasteiger partial charge on any atom is -0.395 e. The summed E-state index contributed by atoms with van der Waals surface area (Å²) >= 11 is 7.49. The van der Waals surface area contributed by atoms with E-state index in [0.29, 0.717) is 23.8 Å². The number of nitrogens with zero attached hydrogens (tertiary/aromatic N) is 2. The third-order valence-corrected chi connectivity index (χ3v) is 4.23. The maximum atomic E-state index is 12.3. The summed E-state index contributed by atoms with van der Waals surface area (Å²) in [6.07, 6.45) is 1.59. The van der Waals surface area contributed by atoms with Crippen LogP contribution in [0.2, 0.25) is 5.02 Å². The van der Waals surface area contributed by atoms with Crippen LogP contribution in [-0.4, -0.2) is 46.3 Å². The van der Waals surface area contributed by atoms with Crippen LogP contribution in [0, 0.1) is 0 Å². The molecule has 0 fully saturated rings. The lowest BCUT2D eigenvalue weighted by atomic mass is 10.3. The van der Waals surface area contributed by atoms with Crippen LogP contribution in [0.5, 0.6) is 0 Å². The molecule has 1 aromatic heterocycles. The first-order valence-corrected chi connectivity index (χ1v) is 8.26. The van der Waals surface area contributed by atoms with E-state index in [0.717, 1.165) is 10.6 Å². The van der Waals surface area contributed by atoms with Crippen LogP contribution >= 0.6 is 23.4 Å². The summed E-state index contributed by atoms with van der Waals surface area (Å²) in [6.45, 7) is 0.782. The van der Waals surface area contributed by atoms with Gasteiger partial charge in [0.15, 0.2) is 0 Å². The fourth-order valence-corrected chi connectivity index (χ4v) is 2.89. The highest BCUT2D eigenvalue weighted by molar-refractivity contribution is 7.99. The summed E-state index contributed by atoms with van der Waals surface area (Å²) in [5.74, 6) is 0.576. The minimum atomic E-state index is -0.161. The van der Waals surface area contributed by atoms with Crippen molar-refractivity contribution in [2.45, 2.75) is 4.90 Å². The van der Waals surface area contributed by atoms with E-state index in [1.807, 2.05) is 24.3 Å². The number of hydrogen-bond acceptors (Lipinski definition) is 4. The van der Waals surface area contributed by atoms with Crippen LogP contribution in [0.1, 0.15) is 10.5 Å². The second-order valence-electron chi connectivity index (χ2n) is 4.53. The standard InChI is InChI=1S/C16H17ClN2O2S/c17-13-4-6-14(7-5-13)22-12-10-19(9-11-20)16(21)15-3-1-2-8-18-15/h1-8,20H,9-12H2. The normalized spacial score (nSPS) is 10.5. The number of aromatic nitrogens is 1. The molecule has 0 unspecified atom stereocenters. The molecule has 0 aliphatic rings. The number of thioether (sulfide) groups is 1. The van der Waals surface area contributed by atoms with Gasteiger partial charge in [-0.1, -0.05) is 17.7 Å². The summed E-state index contributed by atoms with van der Waals surface area (Å²) < 4.78 is 0. The quantitative estimate of drug-likeness (QED) is 0.790. The number of pyridine rings is 1. The van der Waals surface area contributed by atoms with Crippen molar-refractivity contribution in [3.63, 3.8) is 0 Å². The van der Waals surface area contributed by atoms with Crippen molar-refractivity contribution >= 4 is 29.3 Å². The molecule has 0 saturated carbocycles. The molecule has 22 heavy (non-hydrogen) atoms. The van der Waals surface area contributed by atoms with Gasteiger partial charge in [0.1, 0.15) is 5.69 Å². The minimum absolute atomic E-state index is 0.0653. The van der Waals surface area contributed by atoms with Crippen molar-refractivity contribution in [1.29, 1.82) is 0 Å². The predicted molar refractivity (Wildman–Crippen MR) is 89.4 cm³/mol. The Labute approximate surface area is 139 Å². The molecule has 1 N–H and O–H groups in total. The predicted octanol–water partition coefficient (Wildman–Crippen LogP) is 2.96. The van der Waals surface area contributed by atoms with Gasteiger partial charge in [0.05, 0.1) is 6.61 Å². The van der Waals surface area contributed by atoms with Crippen LogP contribution in [-0.2, 0) is 0 Å². The largest absolute Gasteiger partial charge is 0.395 e. The van der Waals surface area contributed by atoms with Crippen LogP contribution in [0.3, 0.4) is 0 Å². The van der Waals surface area contributed by atoms with Crippen LogP contribution in [0.4, 0.5) is 0 Å². The number of carbonyl (C=O) groups is 1. The number of hydrogen-bond donors (Lipinski definition) is 1. The van der Waals surface area contributed by atoms with E-state index in [1.54, 1.807) is 41.1 Å². The third kappa shape index (κ3) is 5.02. The van der Waals surface area contributed by atoms with Crippen LogP contribution in [0.15, 0.2) is 53.6 Å². The molecule has 1 heterocycles. The highest BCUT2D eigenvalue weighted by Gasteiger charge is 2.15. The van der Waals surface area contributed by atoms with E-state index >= 15 is 0 Å². The third-order valence-electron chi connectivity index (χ3n) is 2.98. The molecule has 4 nitrogen and oxygen atoms in total. The first kappa shape index (κ1) is 16.8. The van der Waals surface area contributed by atoms with E-state index < -0.39 is 0 Å². The number of aliphatic hydroxyl groups excluding tert-OH is 1. The van der Waals surface area contributed by atoms with E-state index in [-0.39, 0.29) is 12.5 Å². The molecule has 6 heteroatoms. The topological polar surface area (TPSA) is 53.4 Å². The number of rotatable bonds is 7. The Balaban J connectivity index is 1.91. The summed E-state index contributed by atoms with van der Waals surface area (Å²) in [4.78, 5) is 19.1. The van der Waals surface area contributed by atoms with E-state index in [9.17, 15) is 4.79 Å². The molecule has 0 saturated heterocycles. The lowest BCUT2D eigenvalue weighted by molar-refractivity contribution is 0.0728. The maximum Gasteiger partial charge on any atom is 0.272 e. The Morgan fingerprint density at radius 1 is 1.18 bits per heavy atom. The molecule has 0 bridgehead atoms. The molecule has 0 aliphatic heterocycles. The first-order valence-electron chi connectivity index (χ1n) is 6.90. The van der Waals surface area contributed by atoms with Crippen LogP contribution < -0.4 is 0 Å². The van der Waals surface area contributed by atoms with Gasteiger partial charge in [-0.25, -0.2) is 0 Å². The van der Waals surface area contributed by atoms with Gasteiger partial charge in [-0.3, -0.25) is 9.78 Å². The molecule has 1 amide bonds. The van der Waals surface area contributed by atoms with Gasteiger partial charge in [0.25, 0.3) is 5.91 Å². The van der Waals surface area contributed by atoms with Gasteiger partial charge in [-0.2, -0.15) is 0 Å². The van der Waals surface area contributed by atoms with Crippen molar-refractivity contribution in [3.8, 4) is 0 Å². The number of benzene rings is 1. The van der Waals surface area contributed by atoms with Gasteiger partial charge >= 0.3 is 0 Å². The average Bonchev–Trinajstić information content (AvgIpc) is 2.56. The molecule has 116 valence electrons. The number of halogens is 1. The van der Waals surface area contributed by atoms with E-state index in [4.69, 9.17) is 16.7 Å². The van der Waals surface area contributed by atoms with Gasteiger partial charge in [-0.15, -0.1) is 11.8 Å². The zero-order chi connectivity index (χ0) is 15.8. The van der Waals surface area contributed by atoms with Crippen LogP contribution in [0.25, 0.3) is 0 Å². The zero-order valence-corrected chi connectivity index (χ0v) is 13.6. The lowest BCUT2D eigenvalue weighted by Gasteiger charge is -2.21. The van der Waals surface area contributed by atoms with Gasteiger partial charge in [0.2, 0.25) is 0 Å². The van der Waals surface area contributed by atoms with Gasteiger partial charge < -0.3 is 10.0 Å². The Hall–Kier alpha value is -1.56. The average molecular weight is 337 g/mol. The summed E-state index contributed by atoms with van der Waals surface area (Å²) in [5.41, 5.74) is 0.396.